The Labute approximate surface area is 174 Å². The van der Waals surface area contributed by atoms with Crippen LogP contribution in [0.15, 0.2) is 40.5 Å². The second-order valence-corrected chi connectivity index (χ2v) is 7.22. The van der Waals surface area contributed by atoms with E-state index in [0.717, 1.165) is 0 Å². The molecule has 0 saturated heterocycles. The minimum atomic E-state index is -1.02. The van der Waals surface area contributed by atoms with Gasteiger partial charge in [-0.1, -0.05) is 12.1 Å². The molecule has 0 fully saturated rings. The number of nitriles is 1. The van der Waals surface area contributed by atoms with Gasteiger partial charge in [0, 0.05) is 29.5 Å². The zero-order valence-electron chi connectivity index (χ0n) is 17.4. The van der Waals surface area contributed by atoms with Crippen molar-refractivity contribution in [2.75, 3.05) is 0 Å². The van der Waals surface area contributed by atoms with Crippen LogP contribution in [0.4, 0.5) is 5.69 Å². The third-order valence-corrected chi connectivity index (χ3v) is 4.56. The largest absolute Gasteiger partial charge is 0.462 e. The zero-order valence-corrected chi connectivity index (χ0v) is 17.4. The number of allylic oxidation sites excluding steroid dienone is 1. The van der Waals surface area contributed by atoms with Crippen LogP contribution in [-0.4, -0.2) is 34.8 Å². The van der Waals surface area contributed by atoms with Gasteiger partial charge in [0.05, 0.1) is 16.6 Å². The number of aliphatic imine (C=N–C) groups is 1. The maximum atomic E-state index is 12.9. The van der Waals surface area contributed by atoms with E-state index in [-0.39, 0.29) is 11.3 Å². The molecule has 1 aromatic carbocycles. The number of hydrogen-bond donors (Lipinski definition) is 0. The summed E-state index contributed by atoms with van der Waals surface area (Å²) in [6.45, 7) is 8.03. The third-order valence-electron chi connectivity index (χ3n) is 4.56. The summed E-state index contributed by atoms with van der Waals surface area (Å²) in [4.78, 5) is 40.9. The quantitative estimate of drug-likeness (QED) is 0.396. The molecule has 0 spiro atoms. The molecule has 3 atom stereocenters. The SMILES string of the molecule is CC1=NC(C)=C(C(=O)OC(C)C#N)C(c2cccc([N+](=O)[O-])c2)C1C(=O)OC(C)C. The number of nitro benzene ring substituents is 1. The molecule has 0 bridgehead atoms. The van der Waals surface area contributed by atoms with E-state index in [0.29, 0.717) is 17.0 Å². The van der Waals surface area contributed by atoms with Gasteiger partial charge in [0.2, 0.25) is 0 Å². The van der Waals surface area contributed by atoms with Crippen molar-refractivity contribution in [3.05, 3.63) is 51.2 Å². The Morgan fingerprint density at radius 3 is 2.47 bits per heavy atom. The second kappa shape index (κ2) is 9.31. The Morgan fingerprint density at radius 1 is 1.23 bits per heavy atom. The molecular formula is C21H23N3O6. The molecule has 1 aliphatic heterocycles. The van der Waals surface area contributed by atoms with Crippen LogP contribution in [0, 0.1) is 27.4 Å². The maximum absolute atomic E-state index is 12.9. The smallest absolute Gasteiger partial charge is 0.337 e. The molecule has 3 unspecified atom stereocenters. The zero-order chi connectivity index (χ0) is 22.6. The lowest BCUT2D eigenvalue weighted by molar-refractivity contribution is -0.384. The number of non-ortho nitro benzene ring substituents is 1. The molecule has 0 radical (unpaired) electrons. The van der Waals surface area contributed by atoms with E-state index in [2.05, 4.69) is 4.99 Å². The summed E-state index contributed by atoms with van der Waals surface area (Å²) in [6.07, 6.45) is -1.42. The van der Waals surface area contributed by atoms with E-state index in [1.54, 1.807) is 33.8 Å². The minimum Gasteiger partial charge on any atom is -0.462 e. The highest BCUT2D eigenvalue weighted by molar-refractivity contribution is 6.07. The summed E-state index contributed by atoms with van der Waals surface area (Å²) in [6, 6.07) is 7.53. The summed E-state index contributed by atoms with van der Waals surface area (Å²) in [7, 11) is 0. The molecule has 0 aliphatic carbocycles. The van der Waals surface area contributed by atoms with Crippen LogP contribution >= 0.6 is 0 Å². The lowest BCUT2D eigenvalue weighted by Gasteiger charge is -2.32. The van der Waals surface area contributed by atoms with Gasteiger partial charge in [-0.2, -0.15) is 5.26 Å². The number of benzene rings is 1. The highest BCUT2D eigenvalue weighted by Gasteiger charge is 2.43. The van der Waals surface area contributed by atoms with E-state index in [4.69, 9.17) is 14.7 Å². The van der Waals surface area contributed by atoms with Gasteiger partial charge in [-0.15, -0.1) is 0 Å². The van der Waals surface area contributed by atoms with Gasteiger partial charge < -0.3 is 9.47 Å². The van der Waals surface area contributed by atoms with Crippen LogP contribution in [0.1, 0.15) is 46.1 Å². The van der Waals surface area contributed by atoms with Gasteiger partial charge in [-0.05, 0) is 40.2 Å². The lowest BCUT2D eigenvalue weighted by Crippen LogP contribution is -2.37. The highest BCUT2D eigenvalue weighted by atomic mass is 16.6. The topological polar surface area (TPSA) is 132 Å². The molecule has 158 valence electrons. The monoisotopic (exact) mass is 413 g/mol. The normalized spacial score (nSPS) is 19.6. The van der Waals surface area contributed by atoms with E-state index < -0.39 is 40.9 Å². The van der Waals surface area contributed by atoms with Crippen molar-refractivity contribution in [1.29, 1.82) is 5.26 Å². The van der Waals surface area contributed by atoms with Crippen LogP contribution in [0.3, 0.4) is 0 Å². The Kier molecular flexibility index (Phi) is 7.06. The number of carbonyl (C=O) groups is 2. The van der Waals surface area contributed by atoms with Gasteiger partial charge in [0.1, 0.15) is 12.0 Å². The van der Waals surface area contributed by atoms with Crippen LogP contribution < -0.4 is 0 Å². The fourth-order valence-corrected chi connectivity index (χ4v) is 3.36. The highest BCUT2D eigenvalue weighted by Crippen LogP contribution is 2.41. The van der Waals surface area contributed by atoms with Crippen LogP contribution in [0.5, 0.6) is 0 Å². The Morgan fingerprint density at radius 2 is 1.90 bits per heavy atom. The fourth-order valence-electron chi connectivity index (χ4n) is 3.36. The second-order valence-electron chi connectivity index (χ2n) is 7.22. The van der Waals surface area contributed by atoms with Crippen molar-refractivity contribution in [2.45, 2.75) is 52.7 Å². The van der Waals surface area contributed by atoms with Gasteiger partial charge >= 0.3 is 11.9 Å². The van der Waals surface area contributed by atoms with Gasteiger partial charge in [0.15, 0.2) is 6.10 Å². The average molecular weight is 413 g/mol. The molecule has 30 heavy (non-hydrogen) atoms. The van der Waals surface area contributed by atoms with Gasteiger partial charge in [0.25, 0.3) is 5.69 Å². The lowest BCUT2D eigenvalue weighted by atomic mass is 9.75. The number of ether oxygens (including phenoxy) is 2. The molecule has 9 nitrogen and oxygen atoms in total. The molecular weight excluding hydrogens is 390 g/mol. The van der Waals surface area contributed by atoms with Crippen molar-refractivity contribution in [1.82, 2.24) is 0 Å². The van der Waals surface area contributed by atoms with E-state index in [9.17, 15) is 19.7 Å². The molecule has 1 aliphatic rings. The first-order valence-electron chi connectivity index (χ1n) is 9.38. The van der Waals surface area contributed by atoms with Crippen LogP contribution in [-0.2, 0) is 19.1 Å². The van der Waals surface area contributed by atoms with Crippen LogP contribution in [0.2, 0.25) is 0 Å². The molecule has 0 amide bonds. The summed E-state index contributed by atoms with van der Waals surface area (Å²) in [5.74, 6) is -3.30. The molecule has 0 aromatic heterocycles. The maximum Gasteiger partial charge on any atom is 0.337 e. The van der Waals surface area contributed by atoms with Gasteiger partial charge in [-0.25, -0.2) is 4.79 Å². The summed E-state index contributed by atoms with van der Waals surface area (Å²) < 4.78 is 10.5. The molecule has 1 heterocycles. The summed E-state index contributed by atoms with van der Waals surface area (Å²) in [5.41, 5.74) is 0.987. The van der Waals surface area contributed by atoms with Crippen molar-refractivity contribution < 1.29 is 24.0 Å². The third kappa shape index (κ3) is 4.89. The fraction of sp³-hybridized carbons (Fsp3) is 0.429. The first kappa shape index (κ1) is 22.7. The molecule has 1 aromatic rings. The van der Waals surface area contributed by atoms with Crippen molar-refractivity contribution >= 4 is 23.3 Å². The Bertz CT molecular complexity index is 973. The van der Waals surface area contributed by atoms with Gasteiger partial charge in [-0.3, -0.25) is 19.9 Å². The van der Waals surface area contributed by atoms with Crippen molar-refractivity contribution in [3.63, 3.8) is 0 Å². The Balaban J connectivity index is 2.67. The first-order chi connectivity index (χ1) is 14.1. The summed E-state index contributed by atoms with van der Waals surface area (Å²) in [5, 5.41) is 20.3. The number of rotatable bonds is 6. The van der Waals surface area contributed by atoms with Crippen molar-refractivity contribution in [2.24, 2.45) is 10.9 Å². The van der Waals surface area contributed by atoms with E-state index >= 15 is 0 Å². The Hall–Kier alpha value is -3.54. The number of carbonyl (C=O) groups excluding carboxylic acids is 2. The predicted molar refractivity (Wildman–Crippen MR) is 108 cm³/mol. The number of hydrogen-bond acceptors (Lipinski definition) is 8. The standard InChI is InChI=1S/C21H23N3O6/c1-11(2)29-20(25)17-13(4)23-14(5)18(21(26)30-12(3)10-22)19(17)15-7-6-8-16(9-15)24(27)28/h6-9,11-12,17,19H,1-5H3. The number of nitrogens with zero attached hydrogens (tertiary/aromatic N) is 3. The average Bonchev–Trinajstić information content (AvgIpc) is 2.66. The van der Waals surface area contributed by atoms with Crippen molar-refractivity contribution in [3.8, 4) is 6.07 Å². The van der Waals surface area contributed by atoms with E-state index in [1.807, 2.05) is 6.07 Å². The first-order valence-corrected chi connectivity index (χ1v) is 9.38. The van der Waals surface area contributed by atoms with Crippen LogP contribution in [0.25, 0.3) is 0 Å². The molecule has 0 saturated carbocycles. The summed E-state index contributed by atoms with van der Waals surface area (Å²) >= 11 is 0. The molecule has 2 rings (SSSR count). The predicted octanol–water partition coefficient (Wildman–Crippen LogP) is 3.45. The minimum absolute atomic E-state index is 0.0638. The van der Waals surface area contributed by atoms with E-state index in [1.165, 1.54) is 25.1 Å². The molecule has 0 N–H and O–H groups in total. The number of nitro groups is 1. The molecule has 9 heteroatoms. The number of esters is 2.